The SMILES string of the molecule is C[C@]1(c2ccccc2)NC(=O)N(CC(=O)OCc2coc(-c3cccs3)n2)C1=O. The second-order valence-electron chi connectivity index (χ2n) is 6.59. The number of hydrogen-bond acceptors (Lipinski definition) is 7. The summed E-state index contributed by atoms with van der Waals surface area (Å²) in [6, 6.07) is 12.0. The Hall–Kier alpha value is -3.46. The highest BCUT2D eigenvalue weighted by Gasteiger charge is 2.49. The van der Waals surface area contributed by atoms with Gasteiger partial charge in [-0.3, -0.25) is 14.5 Å². The van der Waals surface area contributed by atoms with Crippen LogP contribution in [0.2, 0.25) is 0 Å². The number of hydrogen-bond donors (Lipinski definition) is 1. The van der Waals surface area contributed by atoms with Crippen LogP contribution in [0.15, 0.2) is 58.5 Å². The summed E-state index contributed by atoms with van der Waals surface area (Å²) in [6.07, 6.45) is 1.41. The summed E-state index contributed by atoms with van der Waals surface area (Å²) < 4.78 is 10.5. The standard InChI is InChI=1S/C20H17N3O5S/c1-20(13-6-3-2-4-7-13)18(25)23(19(26)22-20)10-16(24)27-11-14-12-28-17(21-14)15-8-5-9-29-15/h2-9,12H,10-11H2,1H3,(H,22,26)/t20-/m1/s1. The molecule has 1 N–H and O–H groups in total. The fourth-order valence-corrected chi connectivity index (χ4v) is 3.68. The maximum absolute atomic E-state index is 12.8. The van der Waals surface area contributed by atoms with E-state index in [2.05, 4.69) is 10.3 Å². The number of carbonyl (C=O) groups is 3. The molecule has 1 fully saturated rings. The predicted molar refractivity (Wildman–Crippen MR) is 104 cm³/mol. The Bertz CT molecular complexity index is 1050. The molecule has 0 bridgehead atoms. The van der Waals surface area contributed by atoms with Crippen LogP contribution in [0.5, 0.6) is 0 Å². The molecule has 1 aliphatic rings. The van der Waals surface area contributed by atoms with Crippen LogP contribution in [0.3, 0.4) is 0 Å². The first-order valence-corrected chi connectivity index (χ1v) is 9.69. The topological polar surface area (TPSA) is 102 Å². The van der Waals surface area contributed by atoms with E-state index in [9.17, 15) is 14.4 Å². The van der Waals surface area contributed by atoms with Crippen LogP contribution in [-0.2, 0) is 26.5 Å². The van der Waals surface area contributed by atoms with Crippen LogP contribution in [-0.4, -0.2) is 34.3 Å². The smallest absolute Gasteiger partial charge is 0.326 e. The van der Waals surface area contributed by atoms with Gasteiger partial charge >= 0.3 is 12.0 Å². The molecule has 0 aliphatic carbocycles. The maximum Gasteiger partial charge on any atom is 0.326 e. The molecule has 8 nitrogen and oxygen atoms in total. The molecule has 148 valence electrons. The first-order valence-electron chi connectivity index (χ1n) is 8.81. The van der Waals surface area contributed by atoms with Gasteiger partial charge in [0.2, 0.25) is 5.89 Å². The zero-order valence-electron chi connectivity index (χ0n) is 15.5. The lowest BCUT2D eigenvalue weighted by Gasteiger charge is -2.21. The molecular formula is C20H17N3O5S. The monoisotopic (exact) mass is 411 g/mol. The van der Waals surface area contributed by atoms with Gasteiger partial charge in [0.05, 0.1) is 4.88 Å². The second-order valence-corrected chi connectivity index (χ2v) is 7.54. The fourth-order valence-electron chi connectivity index (χ4n) is 3.02. The molecule has 3 amide bonds. The van der Waals surface area contributed by atoms with Crippen molar-refractivity contribution >= 4 is 29.2 Å². The predicted octanol–water partition coefficient (Wildman–Crippen LogP) is 2.91. The molecular weight excluding hydrogens is 394 g/mol. The molecule has 2 aromatic heterocycles. The number of imide groups is 1. The fraction of sp³-hybridized carbons (Fsp3) is 0.200. The van der Waals surface area contributed by atoms with E-state index in [1.807, 2.05) is 23.6 Å². The van der Waals surface area contributed by atoms with Gasteiger partial charge in [-0.1, -0.05) is 36.4 Å². The van der Waals surface area contributed by atoms with Crippen molar-refractivity contribution in [1.29, 1.82) is 0 Å². The average molecular weight is 411 g/mol. The van der Waals surface area contributed by atoms with Crippen molar-refractivity contribution in [3.8, 4) is 10.8 Å². The zero-order valence-corrected chi connectivity index (χ0v) is 16.3. The molecule has 3 aromatic rings. The van der Waals surface area contributed by atoms with E-state index in [-0.39, 0.29) is 6.61 Å². The van der Waals surface area contributed by atoms with Crippen LogP contribution >= 0.6 is 11.3 Å². The normalized spacial score (nSPS) is 18.7. The largest absolute Gasteiger partial charge is 0.458 e. The molecule has 1 aliphatic heterocycles. The van der Waals surface area contributed by atoms with E-state index in [4.69, 9.17) is 9.15 Å². The van der Waals surface area contributed by atoms with Gasteiger partial charge in [-0.05, 0) is 23.9 Å². The number of ether oxygens (including phenoxy) is 1. The van der Waals surface area contributed by atoms with Crippen LogP contribution < -0.4 is 5.32 Å². The summed E-state index contributed by atoms with van der Waals surface area (Å²) in [5.74, 6) is -0.780. The Morgan fingerprint density at radius 1 is 1.24 bits per heavy atom. The Kier molecular flexibility index (Phi) is 4.89. The number of aromatic nitrogens is 1. The van der Waals surface area contributed by atoms with E-state index in [1.165, 1.54) is 17.6 Å². The molecule has 9 heteroatoms. The molecule has 1 saturated heterocycles. The second kappa shape index (κ2) is 7.51. The first-order chi connectivity index (χ1) is 14.0. The summed E-state index contributed by atoms with van der Waals surface area (Å²) in [7, 11) is 0. The highest BCUT2D eigenvalue weighted by atomic mass is 32.1. The molecule has 4 rings (SSSR count). The number of thiophene rings is 1. The number of urea groups is 1. The van der Waals surface area contributed by atoms with Gasteiger partial charge in [0.15, 0.2) is 0 Å². The highest BCUT2D eigenvalue weighted by Crippen LogP contribution is 2.28. The number of esters is 1. The minimum absolute atomic E-state index is 0.118. The Labute approximate surface area is 170 Å². The number of oxazole rings is 1. The zero-order chi connectivity index (χ0) is 20.4. The Balaban J connectivity index is 1.37. The number of nitrogens with one attached hydrogen (secondary N) is 1. The highest BCUT2D eigenvalue weighted by molar-refractivity contribution is 7.13. The number of carbonyl (C=O) groups excluding carboxylic acids is 3. The number of amides is 3. The van der Waals surface area contributed by atoms with Crippen LogP contribution in [0, 0.1) is 0 Å². The van der Waals surface area contributed by atoms with Crippen molar-refractivity contribution in [2.75, 3.05) is 6.54 Å². The number of nitrogens with zero attached hydrogens (tertiary/aromatic N) is 2. The summed E-state index contributed by atoms with van der Waals surface area (Å²) in [6.45, 7) is 1.01. The van der Waals surface area contributed by atoms with Crippen LogP contribution in [0.4, 0.5) is 4.79 Å². The van der Waals surface area contributed by atoms with Gasteiger partial charge < -0.3 is 14.5 Å². The molecule has 0 unspecified atom stereocenters. The van der Waals surface area contributed by atoms with Crippen molar-refractivity contribution in [2.45, 2.75) is 19.1 Å². The van der Waals surface area contributed by atoms with E-state index < -0.39 is 30.0 Å². The Morgan fingerprint density at radius 2 is 2.03 bits per heavy atom. The third-order valence-electron chi connectivity index (χ3n) is 4.58. The van der Waals surface area contributed by atoms with Gasteiger partial charge in [-0.2, -0.15) is 0 Å². The molecule has 0 saturated carbocycles. The lowest BCUT2D eigenvalue weighted by atomic mass is 9.92. The van der Waals surface area contributed by atoms with Crippen molar-refractivity contribution in [3.05, 3.63) is 65.4 Å². The quantitative estimate of drug-likeness (QED) is 0.494. The molecule has 0 radical (unpaired) electrons. The third-order valence-corrected chi connectivity index (χ3v) is 5.44. The summed E-state index contributed by atoms with van der Waals surface area (Å²) in [5.41, 5.74) is -0.147. The van der Waals surface area contributed by atoms with E-state index in [0.717, 1.165) is 9.78 Å². The van der Waals surface area contributed by atoms with Gasteiger partial charge in [0.1, 0.15) is 30.6 Å². The minimum Gasteiger partial charge on any atom is -0.458 e. The minimum atomic E-state index is -1.22. The lowest BCUT2D eigenvalue weighted by Crippen LogP contribution is -2.41. The van der Waals surface area contributed by atoms with Gasteiger partial charge in [-0.15, -0.1) is 11.3 Å². The summed E-state index contributed by atoms with van der Waals surface area (Å²) in [4.78, 5) is 43.2. The van der Waals surface area contributed by atoms with Gasteiger partial charge in [0, 0.05) is 0 Å². The van der Waals surface area contributed by atoms with E-state index in [0.29, 0.717) is 17.1 Å². The summed E-state index contributed by atoms with van der Waals surface area (Å²) >= 11 is 1.48. The average Bonchev–Trinajstić information content (AvgIpc) is 3.45. The van der Waals surface area contributed by atoms with Crippen LogP contribution in [0.25, 0.3) is 10.8 Å². The molecule has 1 atom stereocenters. The first kappa shape index (κ1) is 18.9. The lowest BCUT2D eigenvalue weighted by molar-refractivity contribution is -0.148. The summed E-state index contributed by atoms with van der Waals surface area (Å²) in [5, 5.41) is 4.55. The Morgan fingerprint density at radius 3 is 2.76 bits per heavy atom. The van der Waals surface area contributed by atoms with Crippen molar-refractivity contribution < 1.29 is 23.5 Å². The maximum atomic E-state index is 12.8. The van der Waals surface area contributed by atoms with E-state index >= 15 is 0 Å². The van der Waals surface area contributed by atoms with Crippen molar-refractivity contribution in [3.63, 3.8) is 0 Å². The number of benzene rings is 1. The molecule has 3 heterocycles. The molecule has 0 spiro atoms. The van der Waals surface area contributed by atoms with Crippen molar-refractivity contribution in [2.24, 2.45) is 0 Å². The van der Waals surface area contributed by atoms with Crippen LogP contribution in [0.1, 0.15) is 18.2 Å². The van der Waals surface area contributed by atoms with Gasteiger partial charge in [0.25, 0.3) is 5.91 Å². The molecule has 1 aromatic carbocycles. The van der Waals surface area contributed by atoms with Crippen molar-refractivity contribution in [1.82, 2.24) is 15.2 Å². The van der Waals surface area contributed by atoms with Gasteiger partial charge in [-0.25, -0.2) is 9.78 Å². The number of rotatable bonds is 6. The third kappa shape index (κ3) is 3.64. The van der Waals surface area contributed by atoms with E-state index in [1.54, 1.807) is 31.2 Å². The molecule has 29 heavy (non-hydrogen) atoms.